The van der Waals surface area contributed by atoms with E-state index in [2.05, 4.69) is 31.5 Å². The quantitative estimate of drug-likeness (QED) is 0.474. The Labute approximate surface area is 57.7 Å². The van der Waals surface area contributed by atoms with Gasteiger partial charge >= 0.3 is 0 Å². The van der Waals surface area contributed by atoms with Crippen LogP contribution >= 0.6 is 22.9 Å². The fraction of sp³-hybridized carbons (Fsp3) is 1.00. The molecule has 0 aromatic carbocycles. The zero-order valence-electron chi connectivity index (χ0n) is 4.15. The van der Waals surface area contributed by atoms with Crippen molar-refractivity contribution in [1.82, 2.24) is 8.65 Å². The van der Waals surface area contributed by atoms with E-state index in [9.17, 15) is 0 Å². The third-order valence-electron chi connectivity index (χ3n) is 1.06. The first-order chi connectivity index (χ1) is 3.39. The van der Waals surface area contributed by atoms with Crippen LogP contribution in [0.15, 0.2) is 0 Å². The summed E-state index contributed by atoms with van der Waals surface area (Å²) in [5, 5.41) is 0. The Hall–Kier alpha value is 0.650. The van der Waals surface area contributed by atoms with Crippen LogP contribution < -0.4 is 5.43 Å². The van der Waals surface area contributed by atoms with Gasteiger partial charge in [-0.15, -0.1) is 0 Å². The van der Waals surface area contributed by atoms with Crippen LogP contribution in [0.3, 0.4) is 0 Å². The fourth-order valence-electron chi connectivity index (χ4n) is 0.655. The second-order valence-electron chi connectivity index (χ2n) is 1.70. The predicted molar refractivity (Wildman–Crippen MR) is 38.0 cm³/mol. The van der Waals surface area contributed by atoms with Gasteiger partial charge in [0.25, 0.3) is 0 Å². The van der Waals surface area contributed by atoms with Crippen molar-refractivity contribution in [3.05, 3.63) is 0 Å². The van der Waals surface area contributed by atoms with Crippen molar-refractivity contribution in [3.8, 4) is 0 Å². The zero-order chi connectivity index (χ0) is 5.11. The van der Waals surface area contributed by atoms with E-state index < -0.39 is 0 Å². The molecule has 0 bridgehead atoms. The first kappa shape index (κ1) is 5.78. The number of hydrogen-bond donors (Lipinski definition) is 1. The maximum Gasteiger partial charge on any atom is 0.0367 e. The van der Waals surface area contributed by atoms with Crippen LogP contribution in [0.2, 0.25) is 0 Å². The van der Waals surface area contributed by atoms with Gasteiger partial charge in [-0.25, -0.2) is 5.43 Å². The fourth-order valence-corrected chi connectivity index (χ4v) is 1.24. The van der Waals surface area contributed by atoms with Gasteiger partial charge in [0, 0.05) is 36.0 Å². The van der Waals surface area contributed by atoms with Gasteiger partial charge < -0.3 is 0 Å². The first-order valence-electron chi connectivity index (χ1n) is 2.56. The molecule has 1 saturated heterocycles. The average molecular weight is 212 g/mol. The zero-order valence-corrected chi connectivity index (χ0v) is 6.31. The van der Waals surface area contributed by atoms with E-state index in [4.69, 9.17) is 0 Å². The normalized spacial score (nSPS) is 25.3. The van der Waals surface area contributed by atoms with Gasteiger partial charge in [0.1, 0.15) is 0 Å². The number of rotatable bonds is 0. The van der Waals surface area contributed by atoms with Crippen LogP contribution in [0, 0.1) is 0 Å². The lowest BCUT2D eigenvalue weighted by Crippen LogP contribution is -2.35. The molecule has 1 rings (SSSR count). The molecule has 0 saturated carbocycles. The molecule has 0 atom stereocenters. The molecule has 0 aromatic rings. The number of hydrazine groups is 1. The Bertz CT molecular complexity index is 51.7. The van der Waals surface area contributed by atoms with Crippen LogP contribution in [-0.2, 0) is 0 Å². The summed E-state index contributed by atoms with van der Waals surface area (Å²) in [5.74, 6) is 0. The van der Waals surface area contributed by atoms with Crippen molar-refractivity contribution in [2.45, 2.75) is 12.8 Å². The van der Waals surface area contributed by atoms with Gasteiger partial charge in [0.2, 0.25) is 0 Å². The molecule has 1 heterocycles. The lowest BCUT2D eigenvalue weighted by molar-refractivity contribution is 0.321. The highest BCUT2D eigenvalue weighted by Gasteiger charge is 2.02. The average Bonchev–Trinajstić information content (AvgIpc) is 1.69. The van der Waals surface area contributed by atoms with Crippen molar-refractivity contribution in [2.75, 3.05) is 13.1 Å². The molecule has 1 aliphatic heterocycles. The molecule has 0 aliphatic carbocycles. The minimum Gasteiger partial charge on any atom is -0.246 e. The molecule has 0 amide bonds. The van der Waals surface area contributed by atoms with Crippen LogP contribution in [0.25, 0.3) is 0 Å². The van der Waals surface area contributed by atoms with E-state index in [0.29, 0.717) is 0 Å². The highest BCUT2D eigenvalue weighted by Crippen LogP contribution is 2.02. The molecule has 42 valence electrons. The smallest absolute Gasteiger partial charge is 0.0367 e. The number of nitrogens with zero attached hydrogens (tertiary/aromatic N) is 1. The molecular formula is C4H9IN2. The lowest BCUT2D eigenvalue weighted by atomic mass is 10.3. The summed E-state index contributed by atoms with van der Waals surface area (Å²) in [6.45, 7) is 2.35. The second-order valence-corrected chi connectivity index (χ2v) is 2.87. The third kappa shape index (κ3) is 1.92. The SMILES string of the molecule is IN1CCCCN1. The molecule has 0 aromatic heterocycles. The summed E-state index contributed by atoms with van der Waals surface area (Å²) in [7, 11) is 0. The van der Waals surface area contributed by atoms with Crippen LogP contribution in [0.5, 0.6) is 0 Å². The van der Waals surface area contributed by atoms with E-state index in [1.807, 2.05) is 0 Å². The number of hydrogen-bond acceptors (Lipinski definition) is 2. The maximum atomic E-state index is 3.20. The van der Waals surface area contributed by atoms with Gasteiger partial charge in [-0.2, -0.15) is 3.22 Å². The van der Waals surface area contributed by atoms with Gasteiger partial charge in [-0.3, -0.25) is 0 Å². The Kier molecular flexibility index (Phi) is 2.34. The Morgan fingerprint density at radius 3 is 2.57 bits per heavy atom. The molecule has 1 N–H and O–H groups in total. The summed E-state index contributed by atoms with van der Waals surface area (Å²) in [5.41, 5.74) is 3.20. The van der Waals surface area contributed by atoms with Gasteiger partial charge in [0.05, 0.1) is 0 Å². The van der Waals surface area contributed by atoms with Crippen LogP contribution in [0.4, 0.5) is 0 Å². The standard InChI is InChI=1S/C4H9IN2/c5-7-4-2-1-3-6-7/h6H,1-4H2. The summed E-state index contributed by atoms with van der Waals surface area (Å²) in [6.07, 6.45) is 2.68. The van der Waals surface area contributed by atoms with Crippen LogP contribution in [-0.4, -0.2) is 16.3 Å². The minimum absolute atomic E-state index is 1.16. The number of halogens is 1. The van der Waals surface area contributed by atoms with E-state index in [0.717, 1.165) is 6.54 Å². The number of nitrogens with one attached hydrogen (secondary N) is 1. The molecule has 0 radical (unpaired) electrons. The molecule has 7 heavy (non-hydrogen) atoms. The molecule has 1 aliphatic rings. The van der Waals surface area contributed by atoms with Gasteiger partial charge in [-0.05, 0) is 12.8 Å². The molecule has 0 unspecified atom stereocenters. The van der Waals surface area contributed by atoms with Crippen LogP contribution in [0.1, 0.15) is 12.8 Å². The highest BCUT2D eigenvalue weighted by molar-refractivity contribution is 14.1. The van der Waals surface area contributed by atoms with E-state index in [1.165, 1.54) is 19.4 Å². The van der Waals surface area contributed by atoms with Crippen molar-refractivity contribution >= 4 is 22.9 Å². The molecule has 2 nitrogen and oxygen atoms in total. The van der Waals surface area contributed by atoms with E-state index in [1.54, 1.807) is 0 Å². The summed E-state index contributed by atoms with van der Waals surface area (Å²) >= 11 is 2.28. The summed E-state index contributed by atoms with van der Waals surface area (Å²) in [6, 6.07) is 0. The van der Waals surface area contributed by atoms with Gasteiger partial charge in [0.15, 0.2) is 0 Å². The molecule has 1 fully saturated rings. The van der Waals surface area contributed by atoms with E-state index in [-0.39, 0.29) is 0 Å². The third-order valence-corrected chi connectivity index (χ3v) is 1.89. The largest absolute Gasteiger partial charge is 0.246 e. The van der Waals surface area contributed by atoms with Crippen molar-refractivity contribution < 1.29 is 0 Å². The Morgan fingerprint density at radius 2 is 2.29 bits per heavy atom. The molecule has 3 heteroatoms. The lowest BCUT2D eigenvalue weighted by Gasteiger charge is -2.19. The Morgan fingerprint density at radius 1 is 1.43 bits per heavy atom. The molecular weight excluding hydrogens is 203 g/mol. The van der Waals surface area contributed by atoms with Gasteiger partial charge in [-0.1, -0.05) is 0 Å². The summed E-state index contributed by atoms with van der Waals surface area (Å²) in [4.78, 5) is 0. The van der Waals surface area contributed by atoms with Crippen molar-refractivity contribution in [1.29, 1.82) is 0 Å². The van der Waals surface area contributed by atoms with Crippen molar-refractivity contribution in [3.63, 3.8) is 0 Å². The van der Waals surface area contributed by atoms with Crippen molar-refractivity contribution in [2.24, 2.45) is 0 Å². The Balaban J connectivity index is 2.12. The summed E-state index contributed by atoms with van der Waals surface area (Å²) < 4.78 is 2.11. The topological polar surface area (TPSA) is 15.3 Å². The highest BCUT2D eigenvalue weighted by atomic mass is 127. The second kappa shape index (κ2) is 2.84. The van der Waals surface area contributed by atoms with E-state index >= 15 is 0 Å². The molecule has 0 spiro atoms. The monoisotopic (exact) mass is 212 g/mol. The first-order valence-corrected chi connectivity index (χ1v) is 3.53. The maximum absolute atomic E-state index is 3.20. The predicted octanol–water partition coefficient (Wildman–Crippen LogP) is 0.937. The minimum atomic E-state index is 1.16.